The Kier molecular flexibility index (Phi) is 6.22. The van der Waals surface area contributed by atoms with Crippen molar-refractivity contribution < 1.29 is 18.7 Å². The number of amides is 1. The molecule has 0 bridgehead atoms. The van der Waals surface area contributed by atoms with Gasteiger partial charge in [-0.1, -0.05) is 18.2 Å². The first-order valence-electron chi connectivity index (χ1n) is 9.46. The minimum atomic E-state index is -0.561. The van der Waals surface area contributed by atoms with Crippen LogP contribution in [0.4, 0.5) is 0 Å². The van der Waals surface area contributed by atoms with Crippen LogP contribution in [-0.2, 0) is 16.8 Å². The molecule has 6 nitrogen and oxygen atoms in total. The summed E-state index contributed by atoms with van der Waals surface area (Å²) < 4.78 is 16.4. The van der Waals surface area contributed by atoms with Gasteiger partial charge in [0.25, 0.3) is 0 Å². The van der Waals surface area contributed by atoms with E-state index in [9.17, 15) is 4.79 Å². The highest BCUT2D eigenvalue weighted by Gasteiger charge is 2.26. The van der Waals surface area contributed by atoms with Gasteiger partial charge in [0.05, 0.1) is 26.0 Å². The van der Waals surface area contributed by atoms with E-state index < -0.39 is 5.54 Å². The lowest BCUT2D eigenvalue weighted by Crippen LogP contribution is -2.41. The summed E-state index contributed by atoms with van der Waals surface area (Å²) in [5.74, 6) is 2.64. The fraction of sp³-hybridized carbons (Fsp3) is 0.304. The Labute approximate surface area is 170 Å². The third kappa shape index (κ3) is 4.96. The lowest BCUT2D eigenvalue weighted by atomic mass is 9.93. The van der Waals surface area contributed by atoms with Crippen LogP contribution < -0.4 is 14.8 Å². The highest BCUT2D eigenvalue weighted by atomic mass is 16.5. The number of methoxy groups -OCH3 is 2. The van der Waals surface area contributed by atoms with Crippen molar-refractivity contribution in [3.05, 3.63) is 66.2 Å². The number of nitrogens with zero attached hydrogens (tertiary/aromatic N) is 1. The SMILES string of the molecule is COc1ccc(-c2cnc(CCC(=O)NC(C)(C)c3ccccc3OC)o2)cc1. The molecule has 0 fully saturated rings. The van der Waals surface area contributed by atoms with Gasteiger partial charge in [0.2, 0.25) is 5.91 Å². The van der Waals surface area contributed by atoms with E-state index in [0.29, 0.717) is 18.1 Å². The summed E-state index contributed by atoms with van der Waals surface area (Å²) >= 11 is 0. The summed E-state index contributed by atoms with van der Waals surface area (Å²) in [7, 11) is 3.25. The highest BCUT2D eigenvalue weighted by molar-refractivity contribution is 5.77. The highest BCUT2D eigenvalue weighted by Crippen LogP contribution is 2.29. The predicted molar refractivity (Wildman–Crippen MR) is 111 cm³/mol. The Balaban J connectivity index is 1.60. The number of aromatic nitrogens is 1. The molecule has 0 unspecified atom stereocenters. The molecule has 3 aromatic rings. The van der Waals surface area contributed by atoms with E-state index in [0.717, 1.165) is 22.6 Å². The van der Waals surface area contributed by atoms with Crippen LogP contribution in [0.25, 0.3) is 11.3 Å². The molecule has 1 amide bonds. The van der Waals surface area contributed by atoms with Crippen molar-refractivity contribution in [2.24, 2.45) is 0 Å². The number of benzene rings is 2. The van der Waals surface area contributed by atoms with Crippen LogP contribution in [0.3, 0.4) is 0 Å². The summed E-state index contributed by atoms with van der Waals surface area (Å²) in [5, 5.41) is 3.07. The van der Waals surface area contributed by atoms with Gasteiger partial charge in [-0.25, -0.2) is 4.98 Å². The molecule has 6 heteroatoms. The number of ether oxygens (including phenoxy) is 2. The number of carbonyl (C=O) groups excluding carboxylic acids is 1. The Bertz CT molecular complexity index is 961. The van der Waals surface area contributed by atoms with Crippen LogP contribution >= 0.6 is 0 Å². The molecule has 0 saturated carbocycles. The van der Waals surface area contributed by atoms with Crippen molar-refractivity contribution in [2.75, 3.05) is 14.2 Å². The smallest absolute Gasteiger partial charge is 0.221 e. The van der Waals surface area contributed by atoms with Crippen molar-refractivity contribution in [3.8, 4) is 22.8 Å². The van der Waals surface area contributed by atoms with Crippen LogP contribution in [0.1, 0.15) is 31.7 Å². The number of oxazole rings is 1. The molecule has 1 aromatic heterocycles. The average molecular weight is 394 g/mol. The third-order valence-electron chi connectivity index (χ3n) is 4.73. The molecule has 0 spiro atoms. The van der Waals surface area contributed by atoms with Gasteiger partial charge in [-0.2, -0.15) is 0 Å². The molecule has 3 rings (SSSR count). The van der Waals surface area contributed by atoms with Crippen LogP contribution in [0.15, 0.2) is 59.1 Å². The Morgan fingerprint density at radius 1 is 1.07 bits per heavy atom. The van der Waals surface area contributed by atoms with Gasteiger partial charge >= 0.3 is 0 Å². The number of aryl methyl sites for hydroxylation is 1. The van der Waals surface area contributed by atoms with Crippen LogP contribution in [0, 0.1) is 0 Å². The molecule has 1 heterocycles. The summed E-state index contributed by atoms with van der Waals surface area (Å²) in [6.45, 7) is 3.91. The van der Waals surface area contributed by atoms with Crippen molar-refractivity contribution in [1.29, 1.82) is 0 Å². The topological polar surface area (TPSA) is 73.6 Å². The number of para-hydroxylation sites is 1. The second kappa shape index (κ2) is 8.82. The Morgan fingerprint density at radius 2 is 1.79 bits per heavy atom. The monoisotopic (exact) mass is 394 g/mol. The first-order valence-corrected chi connectivity index (χ1v) is 9.46. The van der Waals surface area contributed by atoms with E-state index in [-0.39, 0.29) is 12.3 Å². The van der Waals surface area contributed by atoms with Gasteiger partial charge in [0.15, 0.2) is 11.7 Å². The zero-order chi connectivity index (χ0) is 20.9. The number of hydrogen-bond acceptors (Lipinski definition) is 5. The minimum absolute atomic E-state index is 0.0786. The normalized spacial score (nSPS) is 11.2. The van der Waals surface area contributed by atoms with Crippen molar-refractivity contribution in [3.63, 3.8) is 0 Å². The second-order valence-corrected chi connectivity index (χ2v) is 7.22. The summed E-state index contributed by atoms with van der Waals surface area (Å²) in [6, 6.07) is 15.2. The molecule has 29 heavy (non-hydrogen) atoms. The van der Waals surface area contributed by atoms with Gasteiger partial charge in [-0.3, -0.25) is 4.79 Å². The molecule has 0 aliphatic rings. The van der Waals surface area contributed by atoms with E-state index in [1.807, 2.05) is 62.4 Å². The lowest BCUT2D eigenvalue weighted by Gasteiger charge is -2.28. The first kappa shape index (κ1) is 20.5. The molecule has 1 N–H and O–H groups in total. The van der Waals surface area contributed by atoms with Gasteiger partial charge in [0.1, 0.15) is 11.5 Å². The third-order valence-corrected chi connectivity index (χ3v) is 4.73. The van der Waals surface area contributed by atoms with Gasteiger partial charge in [-0.05, 0) is 44.2 Å². The molecular weight excluding hydrogens is 368 g/mol. The van der Waals surface area contributed by atoms with Gasteiger partial charge in [0, 0.05) is 24.0 Å². The summed E-state index contributed by atoms with van der Waals surface area (Å²) in [5.41, 5.74) is 1.27. The van der Waals surface area contributed by atoms with E-state index in [2.05, 4.69) is 10.3 Å². The van der Waals surface area contributed by atoms with Gasteiger partial charge in [-0.15, -0.1) is 0 Å². The first-order chi connectivity index (χ1) is 13.9. The van der Waals surface area contributed by atoms with Gasteiger partial charge < -0.3 is 19.2 Å². The van der Waals surface area contributed by atoms with Crippen LogP contribution in [0.5, 0.6) is 11.5 Å². The lowest BCUT2D eigenvalue weighted by molar-refractivity contribution is -0.122. The van der Waals surface area contributed by atoms with E-state index >= 15 is 0 Å². The number of hydrogen-bond donors (Lipinski definition) is 1. The van der Waals surface area contributed by atoms with Crippen LogP contribution in [0.2, 0.25) is 0 Å². The average Bonchev–Trinajstić information content (AvgIpc) is 3.21. The van der Waals surface area contributed by atoms with Crippen molar-refractivity contribution >= 4 is 5.91 Å². The minimum Gasteiger partial charge on any atom is -0.497 e. The number of rotatable bonds is 8. The standard InChI is InChI=1S/C23H26N2O4/c1-23(2,18-7-5-6-8-19(18)28-4)25-21(26)13-14-22-24-15-20(29-22)16-9-11-17(27-3)12-10-16/h5-12,15H,13-14H2,1-4H3,(H,25,26). The second-order valence-electron chi connectivity index (χ2n) is 7.22. The molecule has 2 aromatic carbocycles. The zero-order valence-electron chi connectivity index (χ0n) is 17.2. The largest absolute Gasteiger partial charge is 0.497 e. The molecule has 0 aliphatic heterocycles. The predicted octanol–water partition coefficient (Wildman–Crippen LogP) is 4.34. The summed E-state index contributed by atoms with van der Waals surface area (Å²) in [6.07, 6.45) is 2.37. The van der Waals surface area contributed by atoms with E-state index in [4.69, 9.17) is 13.9 Å². The molecule has 0 radical (unpaired) electrons. The van der Waals surface area contributed by atoms with Crippen molar-refractivity contribution in [2.45, 2.75) is 32.2 Å². The molecule has 152 valence electrons. The Hall–Kier alpha value is -3.28. The van der Waals surface area contributed by atoms with Crippen molar-refractivity contribution in [1.82, 2.24) is 10.3 Å². The summed E-state index contributed by atoms with van der Waals surface area (Å²) in [4.78, 5) is 16.8. The van der Waals surface area contributed by atoms with E-state index in [1.54, 1.807) is 20.4 Å². The quantitative estimate of drug-likeness (QED) is 0.615. The maximum atomic E-state index is 12.5. The van der Waals surface area contributed by atoms with E-state index in [1.165, 1.54) is 0 Å². The maximum Gasteiger partial charge on any atom is 0.221 e. The number of carbonyl (C=O) groups is 1. The fourth-order valence-corrected chi connectivity index (χ4v) is 3.17. The maximum absolute atomic E-state index is 12.5. The fourth-order valence-electron chi connectivity index (χ4n) is 3.17. The molecular formula is C23H26N2O4. The molecule has 0 aliphatic carbocycles. The van der Waals surface area contributed by atoms with Crippen LogP contribution in [-0.4, -0.2) is 25.1 Å². The Morgan fingerprint density at radius 3 is 2.48 bits per heavy atom. The molecule has 0 saturated heterocycles. The zero-order valence-corrected chi connectivity index (χ0v) is 17.2. The molecule has 0 atom stereocenters. The number of nitrogens with one attached hydrogen (secondary N) is 1.